The van der Waals surface area contributed by atoms with Crippen molar-refractivity contribution in [2.24, 2.45) is 4.99 Å². The maximum atomic E-state index is 5.85. The van der Waals surface area contributed by atoms with Gasteiger partial charge in [-0.2, -0.15) is 0 Å². The Kier molecular flexibility index (Phi) is 4.92. The molecule has 2 N–H and O–H groups in total. The summed E-state index contributed by atoms with van der Waals surface area (Å²) in [5.74, 6) is 1.78. The number of hydrogen-bond donors (Lipinski definition) is 2. The SMILES string of the molecule is c1ccc(COc2cccc(CNC3=NCCCN3)c2)cc1. The van der Waals surface area contributed by atoms with Crippen LogP contribution in [0.1, 0.15) is 17.5 Å². The molecule has 0 fully saturated rings. The van der Waals surface area contributed by atoms with Crippen LogP contribution in [-0.2, 0) is 13.2 Å². The van der Waals surface area contributed by atoms with E-state index in [4.69, 9.17) is 4.74 Å². The zero-order valence-corrected chi connectivity index (χ0v) is 12.6. The molecule has 0 saturated carbocycles. The first-order chi connectivity index (χ1) is 10.9. The van der Waals surface area contributed by atoms with Gasteiger partial charge in [0.25, 0.3) is 0 Å². The molecule has 2 aromatic carbocycles. The Balaban J connectivity index is 1.54. The molecule has 0 radical (unpaired) electrons. The maximum Gasteiger partial charge on any atom is 0.191 e. The summed E-state index contributed by atoms with van der Waals surface area (Å²) in [7, 11) is 0. The van der Waals surface area contributed by atoms with E-state index in [2.05, 4.69) is 39.9 Å². The van der Waals surface area contributed by atoms with E-state index in [0.717, 1.165) is 37.8 Å². The Morgan fingerprint density at radius 3 is 2.73 bits per heavy atom. The highest BCUT2D eigenvalue weighted by atomic mass is 16.5. The molecule has 4 heteroatoms. The number of aliphatic imine (C=N–C) groups is 1. The van der Waals surface area contributed by atoms with Crippen molar-refractivity contribution in [3.63, 3.8) is 0 Å². The molecule has 0 atom stereocenters. The second-order valence-corrected chi connectivity index (χ2v) is 5.29. The minimum atomic E-state index is 0.589. The monoisotopic (exact) mass is 295 g/mol. The molecule has 22 heavy (non-hydrogen) atoms. The summed E-state index contributed by atoms with van der Waals surface area (Å²) < 4.78 is 5.85. The van der Waals surface area contributed by atoms with Crippen molar-refractivity contribution in [1.29, 1.82) is 0 Å². The second-order valence-electron chi connectivity index (χ2n) is 5.29. The molecule has 1 aliphatic rings. The van der Waals surface area contributed by atoms with Crippen LogP contribution in [0.5, 0.6) is 5.75 Å². The van der Waals surface area contributed by atoms with E-state index in [0.29, 0.717) is 6.61 Å². The van der Waals surface area contributed by atoms with Gasteiger partial charge >= 0.3 is 0 Å². The average molecular weight is 295 g/mol. The summed E-state index contributed by atoms with van der Waals surface area (Å²) in [5.41, 5.74) is 2.35. The maximum absolute atomic E-state index is 5.85. The van der Waals surface area contributed by atoms with Crippen molar-refractivity contribution in [2.45, 2.75) is 19.6 Å². The Morgan fingerprint density at radius 1 is 1.05 bits per heavy atom. The lowest BCUT2D eigenvalue weighted by Gasteiger charge is -2.16. The predicted octanol–water partition coefficient (Wildman–Crippen LogP) is 2.70. The van der Waals surface area contributed by atoms with Crippen molar-refractivity contribution in [3.05, 3.63) is 65.7 Å². The fraction of sp³-hybridized carbons (Fsp3) is 0.278. The van der Waals surface area contributed by atoms with Gasteiger partial charge in [0.15, 0.2) is 5.96 Å². The largest absolute Gasteiger partial charge is 0.489 e. The lowest BCUT2D eigenvalue weighted by atomic mass is 10.2. The summed E-state index contributed by atoms with van der Waals surface area (Å²) in [6.07, 6.45) is 1.11. The Morgan fingerprint density at radius 2 is 1.91 bits per heavy atom. The highest BCUT2D eigenvalue weighted by Gasteiger charge is 2.03. The highest BCUT2D eigenvalue weighted by Crippen LogP contribution is 2.15. The normalized spacial score (nSPS) is 13.9. The second kappa shape index (κ2) is 7.50. The van der Waals surface area contributed by atoms with E-state index in [-0.39, 0.29) is 0 Å². The van der Waals surface area contributed by atoms with Gasteiger partial charge in [-0.25, -0.2) is 0 Å². The van der Waals surface area contributed by atoms with Crippen molar-refractivity contribution in [1.82, 2.24) is 10.6 Å². The molecule has 0 saturated heterocycles. The molecule has 114 valence electrons. The molecule has 0 amide bonds. The van der Waals surface area contributed by atoms with Gasteiger partial charge in [0.05, 0.1) is 0 Å². The Labute approximate surface area is 131 Å². The van der Waals surface area contributed by atoms with Crippen molar-refractivity contribution >= 4 is 5.96 Å². The minimum absolute atomic E-state index is 0.589. The molecule has 4 nitrogen and oxygen atoms in total. The van der Waals surface area contributed by atoms with Crippen LogP contribution in [0.2, 0.25) is 0 Å². The first kappa shape index (κ1) is 14.4. The molecular formula is C18H21N3O. The predicted molar refractivity (Wildman–Crippen MR) is 89.0 cm³/mol. The fourth-order valence-electron chi connectivity index (χ4n) is 2.32. The number of benzene rings is 2. The lowest BCUT2D eigenvalue weighted by Crippen LogP contribution is -2.40. The number of guanidine groups is 1. The van der Waals surface area contributed by atoms with Crippen LogP contribution >= 0.6 is 0 Å². The van der Waals surface area contributed by atoms with E-state index >= 15 is 0 Å². The molecule has 2 aromatic rings. The minimum Gasteiger partial charge on any atom is -0.489 e. The van der Waals surface area contributed by atoms with Crippen molar-refractivity contribution in [2.75, 3.05) is 13.1 Å². The third kappa shape index (κ3) is 4.25. The van der Waals surface area contributed by atoms with Crippen molar-refractivity contribution < 1.29 is 4.74 Å². The number of nitrogens with zero attached hydrogens (tertiary/aromatic N) is 1. The number of nitrogens with one attached hydrogen (secondary N) is 2. The molecular weight excluding hydrogens is 274 g/mol. The van der Waals surface area contributed by atoms with Gasteiger partial charge in [-0.3, -0.25) is 4.99 Å². The third-order valence-corrected chi connectivity index (χ3v) is 3.50. The van der Waals surface area contributed by atoms with Crippen LogP contribution in [0, 0.1) is 0 Å². The lowest BCUT2D eigenvalue weighted by molar-refractivity contribution is 0.306. The summed E-state index contributed by atoms with van der Waals surface area (Å²) in [4.78, 5) is 4.41. The fourth-order valence-corrected chi connectivity index (χ4v) is 2.32. The number of rotatable bonds is 5. The van der Waals surface area contributed by atoms with Crippen LogP contribution < -0.4 is 15.4 Å². The van der Waals surface area contributed by atoms with Crippen LogP contribution in [0.3, 0.4) is 0 Å². The standard InChI is InChI=1S/C18H21N3O/c1-2-6-15(7-3-1)14-22-17-9-4-8-16(12-17)13-21-18-19-10-5-11-20-18/h1-4,6-9,12H,5,10-11,13-14H2,(H2,19,20,21). The zero-order chi connectivity index (χ0) is 15.0. The average Bonchev–Trinajstić information content (AvgIpc) is 2.60. The van der Waals surface area contributed by atoms with E-state index in [1.54, 1.807) is 0 Å². The van der Waals surface area contributed by atoms with Gasteiger partial charge in [-0.1, -0.05) is 42.5 Å². The quantitative estimate of drug-likeness (QED) is 0.891. The summed E-state index contributed by atoms with van der Waals surface area (Å²) in [6.45, 7) is 3.22. The van der Waals surface area contributed by atoms with Gasteiger partial charge < -0.3 is 15.4 Å². The summed E-state index contributed by atoms with van der Waals surface area (Å²) in [6, 6.07) is 18.4. The molecule has 3 rings (SSSR count). The summed E-state index contributed by atoms with van der Waals surface area (Å²) >= 11 is 0. The molecule has 1 heterocycles. The molecule has 0 spiro atoms. The summed E-state index contributed by atoms with van der Waals surface area (Å²) in [5, 5.41) is 6.58. The van der Waals surface area contributed by atoms with E-state index < -0.39 is 0 Å². The third-order valence-electron chi connectivity index (χ3n) is 3.50. The smallest absolute Gasteiger partial charge is 0.191 e. The van der Waals surface area contributed by atoms with Crippen LogP contribution in [-0.4, -0.2) is 19.0 Å². The van der Waals surface area contributed by atoms with Crippen LogP contribution in [0.4, 0.5) is 0 Å². The first-order valence-electron chi connectivity index (χ1n) is 7.68. The van der Waals surface area contributed by atoms with Gasteiger partial charge in [0.2, 0.25) is 0 Å². The van der Waals surface area contributed by atoms with Crippen LogP contribution in [0.25, 0.3) is 0 Å². The van der Waals surface area contributed by atoms with E-state index in [1.165, 1.54) is 11.1 Å². The van der Waals surface area contributed by atoms with Crippen molar-refractivity contribution in [3.8, 4) is 5.75 Å². The highest BCUT2D eigenvalue weighted by molar-refractivity contribution is 5.80. The molecule has 0 aromatic heterocycles. The van der Waals surface area contributed by atoms with Gasteiger partial charge in [-0.15, -0.1) is 0 Å². The molecule has 0 bridgehead atoms. The Hall–Kier alpha value is -2.49. The molecule has 0 aliphatic carbocycles. The van der Waals surface area contributed by atoms with Crippen LogP contribution in [0.15, 0.2) is 59.6 Å². The van der Waals surface area contributed by atoms with E-state index in [1.807, 2.05) is 30.3 Å². The van der Waals surface area contributed by atoms with Gasteiger partial charge in [0, 0.05) is 19.6 Å². The van der Waals surface area contributed by atoms with Gasteiger partial charge in [-0.05, 0) is 29.7 Å². The topological polar surface area (TPSA) is 45.6 Å². The first-order valence-corrected chi connectivity index (χ1v) is 7.68. The Bertz CT molecular complexity index is 625. The van der Waals surface area contributed by atoms with E-state index in [9.17, 15) is 0 Å². The molecule has 0 unspecified atom stereocenters. The number of ether oxygens (including phenoxy) is 1. The number of hydrogen-bond acceptors (Lipinski definition) is 4. The zero-order valence-electron chi connectivity index (χ0n) is 12.6. The molecule has 1 aliphatic heterocycles. The van der Waals surface area contributed by atoms with Gasteiger partial charge in [0.1, 0.15) is 12.4 Å².